The number of nitrogens with zero attached hydrogens (tertiary/aromatic N) is 1. The van der Waals surface area contributed by atoms with Gasteiger partial charge in [0.25, 0.3) is 0 Å². The van der Waals surface area contributed by atoms with Crippen LogP contribution in [-0.4, -0.2) is 22.1 Å². The van der Waals surface area contributed by atoms with Crippen molar-refractivity contribution in [2.75, 3.05) is 0 Å². The van der Waals surface area contributed by atoms with Gasteiger partial charge in [0.2, 0.25) is 5.91 Å². The van der Waals surface area contributed by atoms with Crippen molar-refractivity contribution >= 4 is 11.9 Å². The molecule has 0 aliphatic heterocycles. The molecule has 0 radical (unpaired) electrons. The van der Waals surface area contributed by atoms with Gasteiger partial charge in [-0.15, -0.1) is 0 Å². The monoisotopic (exact) mass is 376 g/mol. The number of carbonyl (C=O) groups excluding carboxylic acids is 2. The highest BCUT2D eigenvalue weighted by atomic mass is 16.5. The van der Waals surface area contributed by atoms with E-state index in [2.05, 4.69) is 0 Å². The van der Waals surface area contributed by atoms with Gasteiger partial charge in [0.05, 0.1) is 17.2 Å². The van der Waals surface area contributed by atoms with Crippen LogP contribution in [0.1, 0.15) is 26.3 Å². The zero-order chi connectivity index (χ0) is 20.5. The number of hydrogen-bond donors (Lipinski definition) is 3. The molecule has 0 saturated carbocycles. The first kappa shape index (κ1) is 20.0. The van der Waals surface area contributed by atoms with Gasteiger partial charge >= 0.3 is 5.97 Å². The average Bonchev–Trinajstić information content (AvgIpc) is 2.70. The topological polar surface area (TPSA) is 134 Å². The highest BCUT2D eigenvalue weighted by Gasteiger charge is 2.08. The van der Waals surface area contributed by atoms with Crippen LogP contribution in [0.25, 0.3) is 0 Å². The van der Waals surface area contributed by atoms with E-state index in [-0.39, 0.29) is 11.5 Å². The molecule has 28 heavy (non-hydrogen) atoms. The molecule has 0 bridgehead atoms. The Kier molecular flexibility index (Phi) is 6.72. The predicted molar refractivity (Wildman–Crippen MR) is 101 cm³/mol. The van der Waals surface area contributed by atoms with Crippen LogP contribution in [0.3, 0.4) is 0 Å². The van der Waals surface area contributed by atoms with Gasteiger partial charge in [-0.05, 0) is 72.8 Å². The molecule has 0 aliphatic rings. The number of rotatable bonds is 3. The van der Waals surface area contributed by atoms with Crippen molar-refractivity contribution in [2.45, 2.75) is 0 Å². The summed E-state index contributed by atoms with van der Waals surface area (Å²) in [5.74, 6) is -0.415. The first-order valence-electron chi connectivity index (χ1n) is 7.99. The minimum absolute atomic E-state index is 0.0879. The number of phenolic OH excluding ortho intramolecular Hbond substituents is 2. The molecular weight excluding hydrogens is 360 g/mol. The van der Waals surface area contributed by atoms with E-state index in [1.807, 2.05) is 6.07 Å². The van der Waals surface area contributed by atoms with Crippen LogP contribution in [0.4, 0.5) is 0 Å². The molecule has 0 aromatic heterocycles. The molecule has 4 N–H and O–H groups in total. The lowest BCUT2D eigenvalue weighted by Crippen LogP contribution is -2.10. The Hall–Kier alpha value is -4.31. The number of ether oxygens (including phenoxy) is 1. The van der Waals surface area contributed by atoms with E-state index in [1.54, 1.807) is 24.3 Å². The van der Waals surface area contributed by atoms with Gasteiger partial charge < -0.3 is 20.7 Å². The summed E-state index contributed by atoms with van der Waals surface area (Å²) >= 11 is 0. The quantitative estimate of drug-likeness (QED) is 0.475. The van der Waals surface area contributed by atoms with Crippen LogP contribution < -0.4 is 10.5 Å². The van der Waals surface area contributed by atoms with Crippen LogP contribution in [0, 0.1) is 11.3 Å². The Morgan fingerprint density at radius 1 is 0.786 bits per heavy atom. The molecule has 3 aromatic rings. The fourth-order valence-electron chi connectivity index (χ4n) is 1.99. The second-order valence-corrected chi connectivity index (χ2v) is 5.48. The van der Waals surface area contributed by atoms with Gasteiger partial charge in [0, 0.05) is 5.56 Å². The molecule has 140 valence electrons. The van der Waals surface area contributed by atoms with Crippen molar-refractivity contribution in [1.29, 1.82) is 5.26 Å². The number of nitriles is 1. The summed E-state index contributed by atoms with van der Waals surface area (Å²) in [5, 5.41) is 26.5. The normalized spacial score (nSPS) is 9.39. The van der Waals surface area contributed by atoms with Gasteiger partial charge in [-0.25, -0.2) is 4.79 Å². The summed E-state index contributed by atoms with van der Waals surface area (Å²) < 4.78 is 5.11. The van der Waals surface area contributed by atoms with Crippen LogP contribution in [0.2, 0.25) is 0 Å². The van der Waals surface area contributed by atoms with Crippen LogP contribution in [0.5, 0.6) is 17.2 Å². The molecule has 7 nitrogen and oxygen atoms in total. The molecule has 0 heterocycles. The average molecular weight is 376 g/mol. The number of carbonyl (C=O) groups is 2. The zero-order valence-corrected chi connectivity index (χ0v) is 14.6. The molecule has 0 aliphatic carbocycles. The largest absolute Gasteiger partial charge is 0.508 e. The summed E-state index contributed by atoms with van der Waals surface area (Å²) in [6.07, 6.45) is 0. The maximum absolute atomic E-state index is 11.7. The third-order valence-electron chi connectivity index (χ3n) is 3.45. The Morgan fingerprint density at radius 3 is 1.68 bits per heavy atom. The highest BCUT2D eigenvalue weighted by molar-refractivity contribution is 5.92. The summed E-state index contributed by atoms with van der Waals surface area (Å²) in [6.45, 7) is 0. The number of primary amides is 1. The minimum Gasteiger partial charge on any atom is -0.508 e. The second kappa shape index (κ2) is 9.40. The Balaban J connectivity index is 0.000000237. The maximum atomic E-state index is 11.7. The number of benzene rings is 3. The summed E-state index contributed by atoms with van der Waals surface area (Å²) in [7, 11) is 0. The third-order valence-corrected chi connectivity index (χ3v) is 3.45. The Morgan fingerprint density at radius 2 is 1.25 bits per heavy atom. The van der Waals surface area contributed by atoms with Crippen molar-refractivity contribution in [3.63, 3.8) is 0 Å². The van der Waals surface area contributed by atoms with E-state index in [0.29, 0.717) is 22.4 Å². The summed E-state index contributed by atoms with van der Waals surface area (Å²) in [5.41, 5.74) is 6.19. The van der Waals surface area contributed by atoms with Gasteiger partial charge in [-0.2, -0.15) is 5.26 Å². The lowest BCUT2D eigenvalue weighted by molar-refractivity contribution is 0.0734. The van der Waals surface area contributed by atoms with E-state index < -0.39 is 11.9 Å². The van der Waals surface area contributed by atoms with Gasteiger partial charge in [0.1, 0.15) is 17.2 Å². The van der Waals surface area contributed by atoms with E-state index in [9.17, 15) is 9.59 Å². The standard InChI is InChI=1S/C14H9NO3.C7H7NO2/c15-9-10-1-7-13(8-2-10)18-14(17)11-3-5-12(16)6-4-11;8-7(10)5-1-3-6(9)4-2-5/h1-8,16H;1-4,9H,(H2,8,10). The smallest absolute Gasteiger partial charge is 0.343 e. The first-order chi connectivity index (χ1) is 13.4. The van der Waals surface area contributed by atoms with Crippen LogP contribution >= 0.6 is 0 Å². The summed E-state index contributed by atoms with van der Waals surface area (Å²) in [6, 6.07) is 19.8. The van der Waals surface area contributed by atoms with Crippen molar-refractivity contribution in [1.82, 2.24) is 0 Å². The van der Waals surface area contributed by atoms with Gasteiger partial charge in [-0.1, -0.05) is 0 Å². The number of aromatic hydroxyl groups is 2. The fourth-order valence-corrected chi connectivity index (χ4v) is 1.99. The molecular formula is C21H16N2O5. The van der Waals surface area contributed by atoms with Crippen molar-refractivity contribution in [3.8, 4) is 23.3 Å². The number of esters is 1. The molecule has 3 aromatic carbocycles. The molecule has 0 unspecified atom stereocenters. The summed E-state index contributed by atoms with van der Waals surface area (Å²) in [4.78, 5) is 22.2. The van der Waals surface area contributed by atoms with Crippen molar-refractivity contribution in [2.24, 2.45) is 5.73 Å². The maximum Gasteiger partial charge on any atom is 0.343 e. The molecule has 7 heteroatoms. The first-order valence-corrected chi connectivity index (χ1v) is 7.99. The Labute approximate surface area is 160 Å². The molecule has 0 spiro atoms. The van der Waals surface area contributed by atoms with Gasteiger partial charge in [-0.3, -0.25) is 4.79 Å². The van der Waals surface area contributed by atoms with Gasteiger partial charge in [0.15, 0.2) is 0 Å². The molecule has 3 rings (SSSR count). The van der Waals surface area contributed by atoms with Crippen LogP contribution in [-0.2, 0) is 0 Å². The molecule has 0 saturated heterocycles. The second-order valence-electron chi connectivity index (χ2n) is 5.48. The number of amides is 1. The molecule has 0 atom stereocenters. The number of hydrogen-bond acceptors (Lipinski definition) is 6. The fraction of sp³-hybridized carbons (Fsp3) is 0. The number of nitrogens with two attached hydrogens (primary N) is 1. The van der Waals surface area contributed by atoms with E-state index in [4.69, 9.17) is 25.9 Å². The zero-order valence-electron chi connectivity index (χ0n) is 14.6. The van der Waals surface area contributed by atoms with E-state index in [0.717, 1.165) is 0 Å². The third kappa shape index (κ3) is 5.89. The van der Waals surface area contributed by atoms with Crippen molar-refractivity contribution < 1.29 is 24.5 Å². The SMILES string of the molecule is N#Cc1ccc(OC(=O)c2ccc(O)cc2)cc1.NC(=O)c1ccc(O)cc1. The van der Waals surface area contributed by atoms with E-state index in [1.165, 1.54) is 48.5 Å². The predicted octanol–water partition coefficient (Wildman–Crippen LogP) is 2.97. The lowest BCUT2D eigenvalue weighted by atomic mass is 10.2. The number of phenols is 2. The Bertz CT molecular complexity index is 989. The van der Waals surface area contributed by atoms with E-state index >= 15 is 0 Å². The molecule has 0 fully saturated rings. The highest BCUT2D eigenvalue weighted by Crippen LogP contribution is 2.15. The van der Waals surface area contributed by atoms with Crippen molar-refractivity contribution in [3.05, 3.63) is 89.5 Å². The van der Waals surface area contributed by atoms with Crippen LogP contribution in [0.15, 0.2) is 72.8 Å². The molecule has 1 amide bonds. The lowest BCUT2D eigenvalue weighted by Gasteiger charge is -2.04. The minimum atomic E-state index is -0.514.